The molecule has 0 heterocycles. The molecule has 0 radical (unpaired) electrons. The Morgan fingerprint density at radius 2 is 1.67 bits per heavy atom. The lowest BCUT2D eigenvalue weighted by Gasteiger charge is -2.09. The molecule has 0 aromatic rings. The van der Waals surface area contributed by atoms with Crippen molar-refractivity contribution in [1.29, 1.82) is 0 Å². The van der Waals surface area contributed by atoms with E-state index >= 15 is 0 Å². The smallest absolute Gasteiger partial charge is 0.430 e. The first-order valence-corrected chi connectivity index (χ1v) is 3.43. The fraction of sp³-hybridized carbons (Fsp3) is 0.667. The molecule has 0 aromatic heterocycles. The number of aliphatic hydroxyl groups is 1. The maximum absolute atomic E-state index is 10.5. The molecule has 0 aromatic carbocycles. The highest BCUT2D eigenvalue weighted by atomic mass is 19.4. The molecule has 0 unspecified atom stereocenters. The van der Waals surface area contributed by atoms with E-state index in [4.69, 9.17) is 20.1 Å². The van der Waals surface area contributed by atoms with Gasteiger partial charge >= 0.3 is 12.1 Å². The zero-order valence-corrected chi connectivity index (χ0v) is 7.67. The van der Waals surface area contributed by atoms with Gasteiger partial charge in [0.25, 0.3) is 0 Å². The van der Waals surface area contributed by atoms with Crippen LogP contribution in [-0.2, 0) is 9.59 Å². The Balaban J connectivity index is 0. The van der Waals surface area contributed by atoms with Crippen molar-refractivity contribution in [2.24, 2.45) is 0 Å². The Morgan fingerprint density at radius 3 is 1.67 bits per heavy atom. The van der Waals surface area contributed by atoms with Crippen LogP contribution in [0.15, 0.2) is 0 Å². The number of aliphatic hydroxyl groups excluding tert-OH is 1. The largest absolute Gasteiger partial charge is 0.542 e. The molecule has 1 atom stereocenters. The first-order chi connectivity index (χ1) is 6.45. The summed E-state index contributed by atoms with van der Waals surface area (Å²) in [4.78, 5) is 18.8. The van der Waals surface area contributed by atoms with Gasteiger partial charge < -0.3 is 25.8 Å². The molecule has 0 aliphatic heterocycles. The van der Waals surface area contributed by atoms with Gasteiger partial charge in [-0.3, -0.25) is 0 Å². The minimum absolute atomic E-state index is 0.428. The molecule has 0 bridgehead atoms. The summed E-state index contributed by atoms with van der Waals surface area (Å²) in [7, 11) is 0. The van der Waals surface area contributed by atoms with E-state index in [1.807, 2.05) is 0 Å². The number of aliphatic carboxylic acids is 2. The second-order valence-electron chi connectivity index (χ2n) is 2.81. The molecule has 0 saturated carbocycles. The van der Waals surface area contributed by atoms with Crippen molar-refractivity contribution in [3.8, 4) is 0 Å². The summed E-state index contributed by atoms with van der Waals surface area (Å²) in [5.74, 6) is -4.09. The van der Waals surface area contributed by atoms with Gasteiger partial charge in [0.15, 0.2) is 0 Å². The SMILES string of the molecule is C[C@]([NH3+])(CO)C(=O)O.O=C([O-])C(F)(F)F. The molecule has 0 aliphatic rings. The zero-order valence-electron chi connectivity index (χ0n) is 7.67. The lowest BCUT2D eigenvalue weighted by Crippen LogP contribution is -2.76. The van der Waals surface area contributed by atoms with E-state index in [-0.39, 0.29) is 0 Å². The van der Waals surface area contributed by atoms with Gasteiger partial charge in [-0.25, -0.2) is 4.79 Å². The van der Waals surface area contributed by atoms with Gasteiger partial charge in [-0.05, 0) is 0 Å². The molecule has 0 amide bonds. The summed E-state index contributed by atoms with van der Waals surface area (Å²) in [6.45, 7) is 0.928. The van der Waals surface area contributed by atoms with E-state index in [0.29, 0.717) is 0 Å². The first kappa shape index (κ1) is 16.1. The number of rotatable bonds is 2. The molecule has 0 spiro atoms. The summed E-state index contributed by atoms with van der Waals surface area (Å²) in [5, 5.41) is 25.3. The number of alkyl halides is 3. The van der Waals surface area contributed by atoms with Gasteiger partial charge in [-0.2, -0.15) is 13.2 Å². The number of carboxylic acid groups (broad SMARTS) is 2. The lowest BCUT2D eigenvalue weighted by molar-refractivity contribution is -0.461. The minimum atomic E-state index is -5.19. The normalized spacial score (nSPS) is 14.5. The average molecular weight is 233 g/mol. The van der Waals surface area contributed by atoms with Crippen LogP contribution in [0.25, 0.3) is 0 Å². The van der Waals surface area contributed by atoms with E-state index in [1.165, 1.54) is 6.92 Å². The Hall–Kier alpha value is -1.35. The van der Waals surface area contributed by atoms with Crippen molar-refractivity contribution >= 4 is 11.9 Å². The van der Waals surface area contributed by atoms with E-state index in [0.717, 1.165) is 0 Å². The second kappa shape index (κ2) is 5.51. The summed E-state index contributed by atoms with van der Waals surface area (Å²) >= 11 is 0. The van der Waals surface area contributed by atoms with Gasteiger partial charge in [0.05, 0.1) is 0 Å². The predicted octanol–water partition coefficient (Wildman–Crippen LogP) is -2.64. The Bertz CT molecular complexity index is 237. The monoisotopic (exact) mass is 233 g/mol. The molecule has 90 valence electrons. The zero-order chi connectivity index (χ0) is 12.9. The molecule has 0 fully saturated rings. The van der Waals surface area contributed by atoms with Crippen LogP contribution in [0.2, 0.25) is 0 Å². The van der Waals surface area contributed by atoms with Crippen molar-refractivity contribution in [2.75, 3.05) is 6.61 Å². The molecule has 5 N–H and O–H groups in total. The number of carbonyl (C=O) groups is 2. The fourth-order valence-electron chi connectivity index (χ4n) is 0.0676. The first-order valence-electron chi connectivity index (χ1n) is 3.43. The Labute approximate surface area is 82.1 Å². The van der Waals surface area contributed by atoms with Crippen LogP contribution in [0.1, 0.15) is 6.92 Å². The van der Waals surface area contributed by atoms with Crippen LogP contribution in [0.3, 0.4) is 0 Å². The third kappa shape index (κ3) is 7.70. The fourth-order valence-corrected chi connectivity index (χ4v) is 0.0676. The van der Waals surface area contributed by atoms with Crippen molar-refractivity contribution < 1.29 is 43.8 Å². The number of hydrogen-bond donors (Lipinski definition) is 3. The van der Waals surface area contributed by atoms with Gasteiger partial charge in [0.2, 0.25) is 5.54 Å². The Kier molecular flexibility index (Phi) is 5.91. The highest BCUT2D eigenvalue weighted by Crippen LogP contribution is 2.11. The number of halogens is 3. The highest BCUT2D eigenvalue weighted by molar-refractivity contribution is 5.76. The summed E-state index contributed by atoms with van der Waals surface area (Å²) in [6, 6.07) is 0. The van der Waals surface area contributed by atoms with Crippen molar-refractivity contribution in [1.82, 2.24) is 0 Å². The molecule has 0 rings (SSSR count). The van der Waals surface area contributed by atoms with Crippen LogP contribution < -0.4 is 10.8 Å². The van der Waals surface area contributed by atoms with E-state index < -0.39 is 30.3 Å². The highest BCUT2D eigenvalue weighted by Gasteiger charge is 2.31. The van der Waals surface area contributed by atoms with Crippen molar-refractivity contribution in [3.63, 3.8) is 0 Å². The van der Waals surface area contributed by atoms with Crippen LogP contribution in [-0.4, -0.2) is 40.5 Å². The van der Waals surface area contributed by atoms with Crippen LogP contribution >= 0.6 is 0 Å². The molecule has 0 saturated heterocycles. The number of carboxylic acids is 2. The third-order valence-electron chi connectivity index (χ3n) is 1.10. The summed E-state index contributed by atoms with van der Waals surface area (Å²) < 4.78 is 31.5. The molecule has 9 heteroatoms. The van der Waals surface area contributed by atoms with Crippen LogP contribution in [0.5, 0.6) is 0 Å². The van der Waals surface area contributed by atoms with Gasteiger partial charge in [-0.15, -0.1) is 0 Å². The van der Waals surface area contributed by atoms with Gasteiger partial charge in [-0.1, -0.05) is 0 Å². The minimum Gasteiger partial charge on any atom is -0.542 e. The average Bonchev–Trinajstić information content (AvgIpc) is 2.03. The topological polar surface area (TPSA) is 125 Å². The number of hydrogen-bond acceptors (Lipinski definition) is 4. The standard InChI is InChI=1S/C4H9NO3.C2HF3O2/c1-4(5,2-6)3(7)8;3-2(4,5)1(6)7/h6H,2,5H2,1H3,(H,7,8);(H,6,7)/t4-;/m0./s1. The summed E-state index contributed by atoms with van der Waals surface area (Å²) in [5.41, 5.74) is 2.00. The van der Waals surface area contributed by atoms with Gasteiger partial charge in [0.1, 0.15) is 12.6 Å². The molecular weight excluding hydrogens is 223 g/mol. The van der Waals surface area contributed by atoms with Crippen LogP contribution in [0, 0.1) is 0 Å². The maximum atomic E-state index is 10.5. The lowest BCUT2D eigenvalue weighted by atomic mass is 10.1. The van der Waals surface area contributed by atoms with E-state index in [2.05, 4.69) is 5.73 Å². The molecule has 6 nitrogen and oxygen atoms in total. The second-order valence-corrected chi connectivity index (χ2v) is 2.81. The Morgan fingerprint density at radius 1 is 1.40 bits per heavy atom. The molecular formula is C6H10F3NO5. The van der Waals surface area contributed by atoms with Crippen LogP contribution in [0.4, 0.5) is 13.2 Å². The van der Waals surface area contributed by atoms with Gasteiger partial charge in [0, 0.05) is 6.92 Å². The van der Waals surface area contributed by atoms with E-state index in [9.17, 15) is 18.0 Å². The van der Waals surface area contributed by atoms with Crippen molar-refractivity contribution in [3.05, 3.63) is 0 Å². The third-order valence-corrected chi connectivity index (χ3v) is 1.10. The quantitative estimate of drug-likeness (QED) is 0.480. The molecule has 15 heavy (non-hydrogen) atoms. The number of quaternary nitrogens is 1. The number of carbonyl (C=O) groups excluding carboxylic acids is 1. The van der Waals surface area contributed by atoms with E-state index in [1.54, 1.807) is 0 Å². The summed E-state index contributed by atoms with van der Waals surface area (Å²) in [6.07, 6.45) is -5.19. The maximum Gasteiger partial charge on any atom is 0.430 e. The van der Waals surface area contributed by atoms with Crippen molar-refractivity contribution in [2.45, 2.75) is 18.6 Å². The predicted molar refractivity (Wildman–Crippen MR) is 37.1 cm³/mol. The molecule has 0 aliphatic carbocycles.